The molecule has 2 unspecified atom stereocenters. The molecule has 1 heterocycles. The average Bonchev–Trinajstić information content (AvgIpc) is 2.55. The van der Waals surface area contributed by atoms with Crippen LogP contribution in [0.25, 0.3) is 0 Å². The quantitative estimate of drug-likeness (QED) is 0.764. The molecule has 2 aromatic rings. The summed E-state index contributed by atoms with van der Waals surface area (Å²) in [5.41, 5.74) is 2.44. The third-order valence-corrected chi connectivity index (χ3v) is 4.03. The van der Waals surface area contributed by atoms with Crippen LogP contribution in [0.2, 0.25) is 0 Å². The predicted octanol–water partition coefficient (Wildman–Crippen LogP) is 4.99. The van der Waals surface area contributed by atoms with Gasteiger partial charge in [0.25, 0.3) is 0 Å². The van der Waals surface area contributed by atoms with Gasteiger partial charge in [-0.15, -0.1) is 0 Å². The monoisotopic (exact) mass is 293 g/mol. The normalized spacial score (nSPS) is 21.9. The number of benzene rings is 2. The molecule has 0 aliphatic carbocycles. The van der Waals surface area contributed by atoms with E-state index >= 15 is 0 Å². The Balaban J connectivity index is 1.99. The summed E-state index contributed by atoms with van der Waals surface area (Å²) in [6.07, 6.45) is 0.0234. The van der Waals surface area contributed by atoms with E-state index in [1.165, 1.54) is 11.1 Å². The van der Waals surface area contributed by atoms with Crippen molar-refractivity contribution in [3.63, 3.8) is 0 Å². The summed E-state index contributed by atoms with van der Waals surface area (Å²) >= 11 is 0. The highest BCUT2D eigenvalue weighted by Gasteiger charge is 2.34. The fourth-order valence-electron chi connectivity index (χ4n) is 2.85. The van der Waals surface area contributed by atoms with Crippen LogP contribution in [0.3, 0.4) is 0 Å². The van der Waals surface area contributed by atoms with E-state index in [4.69, 9.17) is 9.73 Å². The first kappa shape index (κ1) is 14.8. The summed E-state index contributed by atoms with van der Waals surface area (Å²) < 4.78 is 6.35. The fourth-order valence-corrected chi connectivity index (χ4v) is 2.85. The Morgan fingerprint density at radius 1 is 0.864 bits per heavy atom. The van der Waals surface area contributed by atoms with E-state index in [-0.39, 0.29) is 17.4 Å². The first-order valence-corrected chi connectivity index (χ1v) is 7.87. The van der Waals surface area contributed by atoms with Crippen molar-refractivity contribution in [1.82, 2.24) is 0 Å². The van der Waals surface area contributed by atoms with Gasteiger partial charge < -0.3 is 4.74 Å². The second-order valence-corrected chi connectivity index (χ2v) is 6.86. The molecular formula is C20H23NO. The van der Waals surface area contributed by atoms with Crippen molar-refractivity contribution in [3.05, 3.63) is 71.8 Å². The van der Waals surface area contributed by atoms with E-state index in [2.05, 4.69) is 75.4 Å². The third kappa shape index (κ3) is 3.06. The molecule has 0 saturated carbocycles. The highest BCUT2D eigenvalue weighted by atomic mass is 16.5. The Morgan fingerprint density at radius 3 is 1.95 bits per heavy atom. The molecule has 1 aliphatic heterocycles. The number of hydrogen-bond acceptors (Lipinski definition) is 2. The zero-order valence-electron chi connectivity index (χ0n) is 13.5. The van der Waals surface area contributed by atoms with Crippen molar-refractivity contribution in [2.45, 2.75) is 32.8 Å². The van der Waals surface area contributed by atoms with Crippen LogP contribution in [0.4, 0.5) is 0 Å². The minimum absolute atomic E-state index is 0.0234. The second-order valence-electron chi connectivity index (χ2n) is 6.86. The molecule has 0 fully saturated rings. The summed E-state index contributed by atoms with van der Waals surface area (Å²) in [5, 5.41) is 0. The number of hydrogen-bond donors (Lipinski definition) is 0. The molecule has 3 rings (SSSR count). The van der Waals surface area contributed by atoms with Gasteiger partial charge in [0.2, 0.25) is 0 Å². The SMILES string of the molecule is CC(C)(C)C1=NCC(c2ccccc2)C(c2ccccc2)O1. The maximum Gasteiger partial charge on any atom is 0.189 e. The van der Waals surface area contributed by atoms with Crippen LogP contribution in [-0.2, 0) is 4.74 Å². The Kier molecular flexibility index (Phi) is 4.02. The number of ether oxygens (including phenoxy) is 1. The van der Waals surface area contributed by atoms with Gasteiger partial charge in [-0.25, -0.2) is 0 Å². The molecule has 0 N–H and O–H groups in total. The van der Waals surface area contributed by atoms with Gasteiger partial charge in [-0.3, -0.25) is 4.99 Å². The molecule has 0 saturated heterocycles. The van der Waals surface area contributed by atoms with Gasteiger partial charge in [0.05, 0.1) is 6.54 Å². The zero-order chi connectivity index (χ0) is 15.6. The van der Waals surface area contributed by atoms with Crippen LogP contribution in [0.1, 0.15) is 43.9 Å². The Morgan fingerprint density at radius 2 is 1.41 bits per heavy atom. The van der Waals surface area contributed by atoms with Gasteiger partial charge in [0.1, 0.15) is 6.10 Å². The fraction of sp³-hybridized carbons (Fsp3) is 0.350. The van der Waals surface area contributed by atoms with E-state index in [1.54, 1.807) is 0 Å². The lowest BCUT2D eigenvalue weighted by molar-refractivity contribution is 0.123. The van der Waals surface area contributed by atoms with Gasteiger partial charge in [0, 0.05) is 11.3 Å². The van der Waals surface area contributed by atoms with Crippen LogP contribution >= 0.6 is 0 Å². The van der Waals surface area contributed by atoms with Crippen molar-refractivity contribution in [3.8, 4) is 0 Å². The summed E-state index contributed by atoms with van der Waals surface area (Å²) in [5.74, 6) is 1.11. The van der Waals surface area contributed by atoms with Gasteiger partial charge in [-0.1, -0.05) is 81.4 Å². The lowest BCUT2D eigenvalue weighted by Gasteiger charge is -2.36. The van der Waals surface area contributed by atoms with Gasteiger partial charge in [-0.05, 0) is 11.1 Å². The standard InChI is InChI=1S/C20H23NO/c1-20(2,3)19-21-14-17(15-10-6-4-7-11-15)18(22-19)16-12-8-5-9-13-16/h4-13,17-18H,14H2,1-3H3. The van der Waals surface area contributed by atoms with E-state index in [0.29, 0.717) is 0 Å². The van der Waals surface area contributed by atoms with Crippen molar-refractivity contribution in [1.29, 1.82) is 0 Å². The molecule has 0 amide bonds. The van der Waals surface area contributed by atoms with Crippen molar-refractivity contribution < 1.29 is 4.74 Å². The molecule has 2 heteroatoms. The van der Waals surface area contributed by atoms with Crippen LogP contribution in [0, 0.1) is 5.41 Å². The Bertz CT molecular complexity index is 640. The molecular weight excluding hydrogens is 270 g/mol. The Labute approximate surface area is 132 Å². The molecule has 22 heavy (non-hydrogen) atoms. The molecule has 1 aliphatic rings. The molecule has 0 aromatic heterocycles. The van der Waals surface area contributed by atoms with E-state index in [1.807, 2.05) is 6.07 Å². The minimum Gasteiger partial charge on any atom is -0.472 e. The third-order valence-electron chi connectivity index (χ3n) is 4.03. The smallest absolute Gasteiger partial charge is 0.189 e. The number of nitrogens with zero attached hydrogens (tertiary/aromatic N) is 1. The zero-order valence-corrected chi connectivity index (χ0v) is 13.5. The van der Waals surface area contributed by atoms with Crippen LogP contribution in [0.5, 0.6) is 0 Å². The number of rotatable bonds is 2. The maximum atomic E-state index is 6.35. The lowest BCUT2D eigenvalue weighted by atomic mass is 9.86. The van der Waals surface area contributed by atoms with Crippen LogP contribution < -0.4 is 0 Å². The average molecular weight is 293 g/mol. The largest absolute Gasteiger partial charge is 0.472 e. The molecule has 0 bridgehead atoms. The van der Waals surface area contributed by atoms with Crippen LogP contribution in [-0.4, -0.2) is 12.4 Å². The summed E-state index contributed by atoms with van der Waals surface area (Å²) in [7, 11) is 0. The summed E-state index contributed by atoms with van der Waals surface area (Å²) in [6.45, 7) is 7.22. The second kappa shape index (κ2) is 5.96. The van der Waals surface area contributed by atoms with E-state index in [0.717, 1.165) is 12.4 Å². The lowest BCUT2D eigenvalue weighted by Crippen LogP contribution is -2.33. The summed E-state index contributed by atoms with van der Waals surface area (Å²) in [4.78, 5) is 4.73. The molecule has 114 valence electrons. The van der Waals surface area contributed by atoms with Crippen molar-refractivity contribution in [2.24, 2.45) is 10.4 Å². The first-order valence-electron chi connectivity index (χ1n) is 7.87. The van der Waals surface area contributed by atoms with Gasteiger partial charge >= 0.3 is 0 Å². The Hall–Kier alpha value is -2.09. The molecule has 2 nitrogen and oxygen atoms in total. The molecule has 2 aromatic carbocycles. The van der Waals surface area contributed by atoms with Crippen LogP contribution in [0.15, 0.2) is 65.7 Å². The highest BCUT2D eigenvalue weighted by molar-refractivity contribution is 5.82. The maximum absolute atomic E-state index is 6.35. The van der Waals surface area contributed by atoms with E-state index in [9.17, 15) is 0 Å². The van der Waals surface area contributed by atoms with Crippen molar-refractivity contribution >= 4 is 5.90 Å². The predicted molar refractivity (Wildman–Crippen MR) is 91.2 cm³/mol. The first-order chi connectivity index (χ1) is 10.6. The van der Waals surface area contributed by atoms with Crippen molar-refractivity contribution in [2.75, 3.05) is 6.54 Å². The minimum atomic E-state index is -0.0608. The highest BCUT2D eigenvalue weighted by Crippen LogP contribution is 2.39. The topological polar surface area (TPSA) is 21.6 Å². The van der Waals surface area contributed by atoms with Gasteiger partial charge in [0.15, 0.2) is 5.90 Å². The number of aliphatic imine (C=N–C) groups is 1. The van der Waals surface area contributed by atoms with Gasteiger partial charge in [-0.2, -0.15) is 0 Å². The van der Waals surface area contributed by atoms with E-state index < -0.39 is 0 Å². The summed E-state index contributed by atoms with van der Waals surface area (Å²) in [6, 6.07) is 21.0. The molecule has 0 radical (unpaired) electrons. The molecule has 2 atom stereocenters. The molecule has 0 spiro atoms.